The lowest BCUT2D eigenvalue weighted by atomic mass is 10.0. The molecule has 0 bridgehead atoms. The van der Waals surface area contributed by atoms with Gasteiger partial charge in [-0.1, -0.05) is 5.16 Å². The maximum Gasteiger partial charge on any atom is 0.143 e. The Balaban J connectivity index is 1.87. The molecule has 5 nitrogen and oxygen atoms in total. The lowest BCUT2D eigenvalue weighted by Crippen LogP contribution is -2.11. The lowest BCUT2D eigenvalue weighted by molar-refractivity contribution is 0.393. The quantitative estimate of drug-likeness (QED) is 0.911. The topological polar surface area (TPSA) is 63.8 Å². The van der Waals surface area contributed by atoms with Crippen LogP contribution in [0, 0.1) is 19.8 Å². The average molecular weight is 258 g/mol. The first-order chi connectivity index (χ1) is 9.24. The summed E-state index contributed by atoms with van der Waals surface area (Å²) in [6.45, 7) is 6.03. The van der Waals surface area contributed by atoms with E-state index in [0.29, 0.717) is 5.92 Å². The van der Waals surface area contributed by atoms with Crippen LogP contribution in [0.4, 0.5) is 0 Å². The first kappa shape index (κ1) is 12.3. The van der Waals surface area contributed by atoms with Crippen LogP contribution in [-0.2, 0) is 6.42 Å². The molecule has 1 aliphatic heterocycles. The van der Waals surface area contributed by atoms with E-state index in [1.807, 2.05) is 20.0 Å². The first-order valence-electron chi connectivity index (χ1n) is 6.69. The van der Waals surface area contributed by atoms with Gasteiger partial charge in [0.25, 0.3) is 0 Å². The molecular formula is C14H18N4O. The number of rotatable bonds is 3. The molecule has 1 unspecified atom stereocenters. The molecule has 0 saturated carbocycles. The molecular weight excluding hydrogens is 240 g/mol. The van der Waals surface area contributed by atoms with E-state index in [1.165, 1.54) is 6.42 Å². The number of hydrogen-bond donors (Lipinski definition) is 1. The van der Waals surface area contributed by atoms with Crippen LogP contribution in [0.5, 0.6) is 0 Å². The number of nitrogens with one attached hydrogen (secondary N) is 1. The molecule has 1 saturated heterocycles. The van der Waals surface area contributed by atoms with E-state index >= 15 is 0 Å². The molecule has 1 N–H and O–H groups in total. The maximum absolute atomic E-state index is 5.20. The van der Waals surface area contributed by atoms with E-state index in [4.69, 9.17) is 9.51 Å². The fourth-order valence-corrected chi connectivity index (χ4v) is 2.66. The van der Waals surface area contributed by atoms with Gasteiger partial charge in [-0.15, -0.1) is 0 Å². The minimum atomic E-state index is 0.675. The Morgan fingerprint density at radius 3 is 2.95 bits per heavy atom. The molecule has 5 heteroatoms. The Bertz CT molecular complexity index is 553. The molecule has 3 rings (SSSR count). The van der Waals surface area contributed by atoms with Crippen LogP contribution in [-0.4, -0.2) is 28.2 Å². The Morgan fingerprint density at radius 1 is 1.37 bits per heavy atom. The van der Waals surface area contributed by atoms with E-state index in [2.05, 4.69) is 15.5 Å². The van der Waals surface area contributed by atoms with Crippen molar-refractivity contribution in [2.24, 2.45) is 5.92 Å². The molecule has 0 aliphatic carbocycles. The van der Waals surface area contributed by atoms with Gasteiger partial charge in [-0.25, -0.2) is 4.98 Å². The van der Waals surface area contributed by atoms with Crippen molar-refractivity contribution in [3.63, 3.8) is 0 Å². The van der Waals surface area contributed by atoms with Gasteiger partial charge < -0.3 is 9.84 Å². The molecule has 0 radical (unpaired) electrons. The second-order valence-electron chi connectivity index (χ2n) is 5.16. The summed E-state index contributed by atoms with van der Waals surface area (Å²) in [6.07, 6.45) is 5.84. The molecule has 0 aromatic carbocycles. The zero-order valence-corrected chi connectivity index (χ0v) is 11.3. The van der Waals surface area contributed by atoms with Crippen molar-refractivity contribution >= 4 is 0 Å². The van der Waals surface area contributed by atoms with Gasteiger partial charge in [-0.3, -0.25) is 4.98 Å². The summed E-state index contributed by atoms with van der Waals surface area (Å²) in [7, 11) is 0. The van der Waals surface area contributed by atoms with Crippen LogP contribution < -0.4 is 5.32 Å². The second kappa shape index (κ2) is 5.09. The summed E-state index contributed by atoms with van der Waals surface area (Å²) >= 11 is 0. The standard InChI is InChI=1S/C14H18N4O/c1-9-14(10(2)19-18-9)13-8-16-7-12(17-13)5-11-3-4-15-6-11/h7-8,11,15H,3-6H2,1-2H3. The molecule has 1 aliphatic rings. The van der Waals surface area contributed by atoms with Crippen molar-refractivity contribution in [2.75, 3.05) is 13.1 Å². The molecule has 0 spiro atoms. The average Bonchev–Trinajstić information content (AvgIpc) is 3.00. The Morgan fingerprint density at radius 2 is 2.26 bits per heavy atom. The van der Waals surface area contributed by atoms with Crippen LogP contribution in [0.25, 0.3) is 11.3 Å². The minimum Gasteiger partial charge on any atom is -0.361 e. The van der Waals surface area contributed by atoms with Crippen LogP contribution in [0.1, 0.15) is 23.6 Å². The minimum absolute atomic E-state index is 0.675. The molecule has 2 aromatic heterocycles. The van der Waals surface area contributed by atoms with Gasteiger partial charge >= 0.3 is 0 Å². The van der Waals surface area contributed by atoms with Crippen molar-refractivity contribution in [1.82, 2.24) is 20.4 Å². The number of aryl methyl sites for hydroxylation is 2. The van der Waals surface area contributed by atoms with Crippen molar-refractivity contribution in [1.29, 1.82) is 0 Å². The van der Waals surface area contributed by atoms with E-state index in [9.17, 15) is 0 Å². The van der Waals surface area contributed by atoms with E-state index in [1.54, 1.807) is 6.20 Å². The highest BCUT2D eigenvalue weighted by Crippen LogP contribution is 2.25. The van der Waals surface area contributed by atoms with Crippen molar-refractivity contribution in [3.05, 3.63) is 29.5 Å². The third-order valence-corrected chi connectivity index (χ3v) is 3.63. The van der Waals surface area contributed by atoms with Gasteiger partial charge in [0.05, 0.1) is 28.8 Å². The highest BCUT2D eigenvalue weighted by molar-refractivity contribution is 5.62. The zero-order valence-electron chi connectivity index (χ0n) is 11.3. The summed E-state index contributed by atoms with van der Waals surface area (Å²) in [5.41, 5.74) is 3.75. The third kappa shape index (κ3) is 2.51. The van der Waals surface area contributed by atoms with Gasteiger partial charge in [0.2, 0.25) is 0 Å². The predicted molar refractivity (Wildman–Crippen MR) is 71.7 cm³/mol. The highest BCUT2D eigenvalue weighted by Gasteiger charge is 2.17. The van der Waals surface area contributed by atoms with Crippen LogP contribution in [0.2, 0.25) is 0 Å². The Hall–Kier alpha value is -1.75. The van der Waals surface area contributed by atoms with E-state index in [0.717, 1.165) is 47.9 Å². The van der Waals surface area contributed by atoms with Gasteiger partial charge in [-0.05, 0) is 45.7 Å². The van der Waals surface area contributed by atoms with Gasteiger partial charge in [0.15, 0.2) is 0 Å². The number of hydrogen-bond acceptors (Lipinski definition) is 5. The molecule has 19 heavy (non-hydrogen) atoms. The van der Waals surface area contributed by atoms with Crippen LogP contribution >= 0.6 is 0 Å². The molecule has 100 valence electrons. The summed E-state index contributed by atoms with van der Waals surface area (Å²) < 4.78 is 5.20. The predicted octanol–water partition coefficient (Wildman–Crippen LogP) is 1.90. The molecule has 1 atom stereocenters. The smallest absolute Gasteiger partial charge is 0.143 e. The van der Waals surface area contributed by atoms with Gasteiger partial charge in [0.1, 0.15) is 5.76 Å². The fourth-order valence-electron chi connectivity index (χ4n) is 2.66. The third-order valence-electron chi connectivity index (χ3n) is 3.63. The van der Waals surface area contributed by atoms with Crippen LogP contribution in [0.3, 0.4) is 0 Å². The summed E-state index contributed by atoms with van der Waals surface area (Å²) in [4.78, 5) is 9.02. The van der Waals surface area contributed by atoms with Crippen molar-refractivity contribution < 1.29 is 4.52 Å². The monoisotopic (exact) mass is 258 g/mol. The normalized spacial score (nSPS) is 18.9. The number of nitrogens with zero attached hydrogens (tertiary/aromatic N) is 3. The Kier molecular flexibility index (Phi) is 3.29. The lowest BCUT2D eigenvalue weighted by Gasteiger charge is -2.08. The molecule has 3 heterocycles. The SMILES string of the molecule is Cc1noc(C)c1-c1cncc(CC2CCNC2)n1. The number of aromatic nitrogens is 3. The maximum atomic E-state index is 5.20. The highest BCUT2D eigenvalue weighted by atomic mass is 16.5. The summed E-state index contributed by atoms with van der Waals surface area (Å²) in [5.74, 6) is 1.47. The molecule has 2 aromatic rings. The van der Waals surface area contributed by atoms with E-state index in [-0.39, 0.29) is 0 Å². The van der Waals surface area contributed by atoms with Crippen molar-refractivity contribution in [2.45, 2.75) is 26.7 Å². The van der Waals surface area contributed by atoms with Gasteiger partial charge in [-0.2, -0.15) is 0 Å². The van der Waals surface area contributed by atoms with Crippen LogP contribution in [0.15, 0.2) is 16.9 Å². The second-order valence-corrected chi connectivity index (χ2v) is 5.16. The van der Waals surface area contributed by atoms with E-state index < -0.39 is 0 Å². The zero-order chi connectivity index (χ0) is 13.2. The van der Waals surface area contributed by atoms with Crippen molar-refractivity contribution in [3.8, 4) is 11.3 Å². The summed E-state index contributed by atoms with van der Waals surface area (Å²) in [5, 5.41) is 7.35. The molecule has 0 amide bonds. The van der Waals surface area contributed by atoms with Gasteiger partial charge in [0, 0.05) is 6.20 Å². The largest absolute Gasteiger partial charge is 0.361 e. The summed E-state index contributed by atoms with van der Waals surface area (Å²) in [6, 6.07) is 0. The molecule has 1 fully saturated rings. The fraction of sp³-hybridized carbons (Fsp3) is 0.500. The Labute approximate surface area is 112 Å². The first-order valence-corrected chi connectivity index (χ1v) is 6.69.